The number of nitrogens with two attached hydrogens (primary N) is 1. The van der Waals surface area contributed by atoms with E-state index in [1.165, 1.54) is 0 Å². The molecular weight excluding hydrogens is 288 g/mol. The van der Waals surface area contributed by atoms with Gasteiger partial charge in [-0.3, -0.25) is 0 Å². The summed E-state index contributed by atoms with van der Waals surface area (Å²) in [5.74, 6) is 0.938. The zero-order chi connectivity index (χ0) is 11.4. The standard InChI is InChI=1S/C11H15BrN2OS/c12-8-1-2-10(13)11(5-8)16-7-9-6-14-3-4-15-9/h1-2,5,9,14H,3-4,6-7,13H2. The number of nitrogens with one attached hydrogen (secondary N) is 1. The number of thioether (sulfide) groups is 1. The highest BCUT2D eigenvalue weighted by atomic mass is 79.9. The Morgan fingerprint density at radius 1 is 1.56 bits per heavy atom. The van der Waals surface area contributed by atoms with Crippen LogP contribution in [0.2, 0.25) is 0 Å². The van der Waals surface area contributed by atoms with Crippen molar-refractivity contribution in [3.8, 4) is 0 Å². The van der Waals surface area contributed by atoms with Gasteiger partial charge in [-0.2, -0.15) is 0 Å². The lowest BCUT2D eigenvalue weighted by Crippen LogP contribution is -2.39. The summed E-state index contributed by atoms with van der Waals surface area (Å²) in [4.78, 5) is 1.11. The molecular formula is C11H15BrN2OS. The van der Waals surface area contributed by atoms with E-state index in [1.54, 1.807) is 11.8 Å². The van der Waals surface area contributed by atoms with Crippen LogP contribution in [0.1, 0.15) is 0 Å². The number of halogens is 1. The van der Waals surface area contributed by atoms with Gasteiger partial charge in [-0.15, -0.1) is 11.8 Å². The lowest BCUT2D eigenvalue weighted by molar-refractivity contribution is 0.0441. The topological polar surface area (TPSA) is 47.3 Å². The van der Waals surface area contributed by atoms with Gasteiger partial charge in [-0.25, -0.2) is 0 Å². The first-order valence-electron chi connectivity index (χ1n) is 5.26. The molecule has 0 radical (unpaired) electrons. The summed E-state index contributed by atoms with van der Waals surface area (Å²) in [7, 11) is 0. The number of anilines is 1. The maximum absolute atomic E-state index is 5.91. The first-order valence-corrected chi connectivity index (χ1v) is 7.04. The van der Waals surface area contributed by atoms with Crippen molar-refractivity contribution in [2.24, 2.45) is 0 Å². The zero-order valence-corrected chi connectivity index (χ0v) is 11.3. The molecule has 0 saturated carbocycles. The molecule has 0 spiro atoms. The SMILES string of the molecule is Nc1ccc(Br)cc1SCC1CNCCO1. The van der Waals surface area contributed by atoms with Gasteiger partial charge < -0.3 is 15.8 Å². The molecule has 1 saturated heterocycles. The van der Waals surface area contributed by atoms with Gasteiger partial charge in [-0.1, -0.05) is 15.9 Å². The van der Waals surface area contributed by atoms with Gasteiger partial charge in [0.1, 0.15) is 0 Å². The van der Waals surface area contributed by atoms with Gasteiger partial charge in [0.2, 0.25) is 0 Å². The molecule has 0 bridgehead atoms. The molecule has 5 heteroatoms. The van der Waals surface area contributed by atoms with Crippen molar-refractivity contribution in [3.63, 3.8) is 0 Å². The van der Waals surface area contributed by atoms with Crippen molar-refractivity contribution in [3.05, 3.63) is 22.7 Å². The molecule has 1 aromatic rings. The molecule has 88 valence electrons. The second kappa shape index (κ2) is 5.91. The second-order valence-corrected chi connectivity index (χ2v) is 5.67. The highest BCUT2D eigenvalue weighted by molar-refractivity contribution is 9.10. The van der Waals surface area contributed by atoms with E-state index in [2.05, 4.69) is 27.3 Å². The normalized spacial score (nSPS) is 20.9. The molecule has 1 fully saturated rings. The zero-order valence-electron chi connectivity index (χ0n) is 8.91. The third-order valence-electron chi connectivity index (χ3n) is 2.40. The monoisotopic (exact) mass is 302 g/mol. The Labute approximate surface area is 108 Å². The minimum atomic E-state index is 0.289. The number of benzene rings is 1. The van der Waals surface area contributed by atoms with E-state index in [0.717, 1.165) is 40.5 Å². The number of nitrogen functional groups attached to an aromatic ring is 1. The summed E-state index contributed by atoms with van der Waals surface area (Å²) in [5, 5.41) is 3.32. The van der Waals surface area contributed by atoms with E-state index < -0.39 is 0 Å². The maximum atomic E-state index is 5.91. The lowest BCUT2D eigenvalue weighted by atomic mass is 10.3. The van der Waals surface area contributed by atoms with E-state index in [1.807, 2.05) is 12.1 Å². The highest BCUT2D eigenvalue weighted by Gasteiger charge is 2.14. The van der Waals surface area contributed by atoms with E-state index in [4.69, 9.17) is 10.5 Å². The fourth-order valence-corrected chi connectivity index (χ4v) is 3.08. The molecule has 0 aromatic heterocycles. The molecule has 1 aliphatic heterocycles. The molecule has 16 heavy (non-hydrogen) atoms. The largest absolute Gasteiger partial charge is 0.398 e. The van der Waals surface area contributed by atoms with Crippen molar-refractivity contribution in [1.29, 1.82) is 0 Å². The Bertz CT molecular complexity index is 356. The summed E-state index contributed by atoms with van der Waals surface area (Å²) < 4.78 is 6.70. The van der Waals surface area contributed by atoms with Gasteiger partial charge in [0.25, 0.3) is 0 Å². The minimum absolute atomic E-state index is 0.289. The predicted octanol–water partition coefficient (Wildman–Crippen LogP) is 2.11. The summed E-state index contributed by atoms with van der Waals surface area (Å²) in [6.07, 6.45) is 0.289. The summed E-state index contributed by atoms with van der Waals surface area (Å²) in [6.45, 7) is 2.69. The quantitative estimate of drug-likeness (QED) is 0.663. The Hall–Kier alpha value is -0.230. The third-order valence-corrected chi connectivity index (χ3v) is 4.10. The van der Waals surface area contributed by atoms with Gasteiger partial charge in [0, 0.05) is 33.9 Å². The molecule has 1 aromatic carbocycles. The minimum Gasteiger partial charge on any atom is -0.398 e. The first-order chi connectivity index (χ1) is 7.75. The maximum Gasteiger partial charge on any atom is 0.0793 e. The fraction of sp³-hybridized carbons (Fsp3) is 0.455. The number of morpholine rings is 1. The molecule has 1 aliphatic rings. The van der Waals surface area contributed by atoms with Crippen LogP contribution in [-0.2, 0) is 4.74 Å². The molecule has 0 amide bonds. The van der Waals surface area contributed by atoms with Gasteiger partial charge >= 0.3 is 0 Å². The Balaban J connectivity index is 1.90. The first kappa shape index (κ1) is 12.2. The Kier molecular flexibility index (Phi) is 4.52. The fourth-order valence-electron chi connectivity index (χ4n) is 1.54. The lowest BCUT2D eigenvalue weighted by Gasteiger charge is -2.23. The number of ether oxygens (including phenoxy) is 1. The van der Waals surface area contributed by atoms with Crippen molar-refractivity contribution in [1.82, 2.24) is 5.32 Å². The average Bonchev–Trinajstić information content (AvgIpc) is 2.32. The highest BCUT2D eigenvalue weighted by Crippen LogP contribution is 2.29. The number of hydrogen-bond donors (Lipinski definition) is 2. The van der Waals surface area contributed by atoms with Gasteiger partial charge in [-0.05, 0) is 18.2 Å². The van der Waals surface area contributed by atoms with Crippen LogP contribution in [0.4, 0.5) is 5.69 Å². The molecule has 3 N–H and O–H groups in total. The van der Waals surface area contributed by atoms with E-state index in [0.29, 0.717) is 0 Å². The van der Waals surface area contributed by atoms with E-state index in [-0.39, 0.29) is 6.10 Å². The Morgan fingerprint density at radius 3 is 3.19 bits per heavy atom. The van der Waals surface area contributed by atoms with Crippen LogP contribution in [0.15, 0.2) is 27.6 Å². The van der Waals surface area contributed by atoms with Gasteiger partial charge in [0.15, 0.2) is 0 Å². The average molecular weight is 303 g/mol. The van der Waals surface area contributed by atoms with Crippen LogP contribution in [0.5, 0.6) is 0 Å². The Morgan fingerprint density at radius 2 is 2.44 bits per heavy atom. The summed E-state index contributed by atoms with van der Waals surface area (Å²) >= 11 is 5.20. The van der Waals surface area contributed by atoms with E-state index in [9.17, 15) is 0 Å². The van der Waals surface area contributed by atoms with Crippen molar-refractivity contribution in [2.75, 3.05) is 31.2 Å². The second-order valence-electron chi connectivity index (χ2n) is 3.69. The van der Waals surface area contributed by atoms with E-state index >= 15 is 0 Å². The number of hydrogen-bond acceptors (Lipinski definition) is 4. The molecule has 1 unspecified atom stereocenters. The molecule has 1 heterocycles. The van der Waals surface area contributed by atoms with Crippen LogP contribution in [0.25, 0.3) is 0 Å². The van der Waals surface area contributed by atoms with Crippen LogP contribution in [0, 0.1) is 0 Å². The molecule has 0 aliphatic carbocycles. The number of rotatable bonds is 3. The molecule has 3 nitrogen and oxygen atoms in total. The third kappa shape index (κ3) is 3.38. The summed E-state index contributed by atoms with van der Waals surface area (Å²) in [5.41, 5.74) is 6.74. The summed E-state index contributed by atoms with van der Waals surface area (Å²) in [6, 6.07) is 5.93. The van der Waals surface area contributed by atoms with Crippen LogP contribution in [0.3, 0.4) is 0 Å². The molecule has 2 rings (SSSR count). The van der Waals surface area contributed by atoms with Crippen LogP contribution >= 0.6 is 27.7 Å². The van der Waals surface area contributed by atoms with Crippen molar-refractivity contribution < 1.29 is 4.74 Å². The van der Waals surface area contributed by atoms with Crippen LogP contribution < -0.4 is 11.1 Å². The molecule has 1 atom stereocenters. The predicted molar refractivity (Wildman–Crippen MR) is 71.9 cm³/mol. The van der Waals surface area contributed by atoms with Crippen molar-refractivity contribution >= 4 is 33.4 Å². The van der Waals surface area contributed by atoms with Crippen LogP contribution in [-0.4, -0.2) is 31.6 Å². The van der Waals surface area contributed by atoms with Gasteiger partial charge in [0.05, 0.1) is 12.7 Å². The van der Waals surface area contributed by atoms with Crippen molar-refractivity contribution in [2.45, 2.75) is 11.0 Å². The smallest absolute Gasteiger partial charge is 0.0793 e.